The number of rotatable bonds is 2. The van der Waals surface area contributed by atoms with Crippen LogP contribution in [0.3, 0.4) is 0 Å². The van der Waals surface area contributed by atoms with Gasteiger partial charge in [-0.15, -0.1) is 0 Å². The predicted molar refractivity (Wildman–Crippen MR) is 52.9 cm³/mol. The number of nitrogens with zero attached hydrogens (tertiary/aromatic N) is 1. The van der Waals surface area contributed by atoms with Gasteiger partial charge in [0.25, 0.3) is 0 Å². The lowest BCUT2D eigenvalue weighted by Crippen LogP contribution is -2.04. The number of ether oxygens (including phenoxy) is 1. The van der Waals surface area contributed by atoms with Crippen molar-refractivity contribution in [3.63, 3.8) is 0 Å². The molecule has 0 saturated heterocycles. The Kier molecular flexibility index (Phi) is 3.69. The van der Waals surface area contributed by atoms with Crippen LogP contribution in [0.5, 0.6) is 0 Å². The highest BCUT2D eigenvalue weighted by Gasteiger charge is 2.08. The fourth-order valence-corrected chi connectivity index (χ4v) is 1.20. The van der Waals surface area contributed by atoms with Crippen LogP contribution < -0.4 is 0 Å². The Morgan fingerprint density at radius 1 is 1.77 bits per heavy atom. The molecule has 5 heteroatoms. The van der Waals surface area contributed by atoms with Crippen LogP contribution in [0.1, 0.15) is 17.3 Å². The van der Waals surface area contributed by atoms with Gasteiger partial charge in [-0.3, -0.25) is 0 Å². The zero-order chi connectivity index (χ0) is 9.84. The summed E-state index contributed by atoms with van der Waals surface area (Å²) in [6, 6.07) is 1.58. The molecule has 0 amide bonds. The van der Waals surface area contributed by atoms with Crippen molar-refractivity contribution in [2.24, 2.45) is 0 Å². The Morgan fingerprint density at radius 3 is 3.00 bits per heavy atom. The van der Waals surface area contributed by atoms with Crippen LogP contribution in [0.15, 0.2) is 16.7 Å². The highest BCUT2D eigenvalue weighted by atomic mass is 79.9. The summed E-state index contributed by atoms with van der Waals surface area (Å²) in [5, 5.41) is 0.327. The second-order valence-corrected chi connectivity index (χ2v) is 3.43. The lowest BCUT2D eigenvalue weighted by atomic mass is 10.3. The Bertz CT molecular complexity index is 330. The van der Waals surface area contributed by atoms with Gasteiger partial charge < -0.3 is 4.74 Å². The molecule has 0 N–H and O–H groups in total. The summed E-state index contributed by atoms with van der Waals surface area (Å²) in [5.74, 6) is -0.396. The molecule has 0 aliphatic rings. The second-order valence-electron chi connectivity index (χ2n) is 2.22. The maximum atomic E-state index is 11.2. The minimum absolute atomic E-state index is 0.327. The van der Waals surface area contributed by atoms with E-state index < -0.39 is 5.97 Å². The van der Waals surface area contributed by atoms with Crippen molar-refractivity contribution in [2.75, 3.05) is 6.61 Å². The molecule has 0 fully saturated rings. The third kappa shape index (κ3) is 2.67. The molecule has 70 valence electrons. The van der Waals surface area contributed by atoms with E-state index in [-0.39, 0.29) is 0 Å². The normalized spacial score (nSPS) is 9.77. The minimum Gasteiger partial charge on any atom is -0.462 e. The molecule has 0 aliphatic carbocycles. The van der Waals surface area contributed by atoms with Gasteiger partial charge in [-0.1, -0.05) is 11.6 Å². The first-order chi connectivity index (χ1) is 6.15. The van der Waals surface area contributed by atoms with Crippen molar-refractivity contribution in [3.05, 3.63) is 27.5 Å². The van der Waals surface area contributed by atoms with E-state index in [4.69, 9.17) is 16.3 Å². The molecule has 13 heavy (non-hydrogen) atoms. The third-order valence-electron chi connectivity index (χ3n) is 1.31. The first-order valence-electron chi connectivity index (χ1n) is 3.63. The number of pyridine rings is 1. The summed E-state index contributed by atoms with van der Waals surface area (Å²) in [6.45, 7) is 2.09. The largest absolute Gasteiger partial charge is 0.462 e. The summed E-state index contributed by atoms with van der Waals surface area (Å²) < 4.78 is 5.36. The van der Waals surface area contributed by atoms with E-state index in [1.807, 2.05) is 0 Å². The molecule has 0 unspecified atom stereocenters. The van der Waals surface area contributed by atoms with Gasteiger partial charge in [-0.25, -0.2) is 9.78 Å². The molecule has 1 aromatic rings. The maximum absolute atomic E-state index is 11.2. The van der Waals surface area contributed by atoms with E-state index in [0.717, 1.165) is 0 Å². The summed E-state index contributed by atoms with van der Waals surface area (Å²) in [5.41, 5.74) is 0.387. The number of esters is 1. The zero-order valence-corrected chi connectivity index (χ0v) is 9.22. The summed E-state index contributed by atoms with van der Waals surface area (Å²) >= 11 is 8.82. The molecule has 0 spiro atoms. The fraction of sp³-hybridized carbons (Fsp3) is 0.250. The predicted octanol–water partition coefficient (Wildman–Crippen LogP) is 2.67. The van der Waals surface area contributed by atoms with E-state index in [0.29, 0.717) is 21.8 Å². The molecule has 0 aromatic carbocycles. The summed E-state index contributed by atoms with van der Waals surface area (Å²) in [6.07, 6.45) is 1.38. The van der Waals surface area contributed by atoms with Gasteiger partial charge in [0.15, 0.2) is 0 Å². The minimum atomic E-state index is -0.396. The van der Waals surface area contributed by atoms with Crippen LogP contribution in [0, 0.1) is 0 Å². The molecule has 1 aromatic heterocycles. The lowest BCUT2D eigenvalue weighted by Gasteiger charge is -2.01. The molecular formula is C8H7BrClNO2. The van der Waals surface area contributed by atoms with Crippen molar-refractivity contribution >= 4 is 33.5 Å². The fourth-order valence-electron chi connectivity index (χ4n) is 0.747. The van der Waals surface area contributed by atoms with E-state index in [1.54, 1.807) is 13.0 Å². The Labute approximate surface area is 89.2 Å². The van der Waals surface area contributed by atoms with Crippen molar-refractivity contribution < 1.29 is 9.53 Å². The molecule has 0 saturated carbocycles. The third-order valence-corrected chi connectivity index (χ3v) is 2.44. The highest BCUT2D eigenvalue weighted by molar-refractivity contribution is 9.10. The molecular weight excluding hydrogens is 257 g/mol. The van der Waals surface area contributed by atoms with Crippen LogP contribution in [-0.2, 0) is 4.74 Å². The summed E-state index contributed by atoms with van der Waals surface area (Å²) in [4.78, 5) is 15.0. The van der Waals surface area contributed by atoms with Gasteiger partial charge >= 0.3 is 5.97 Å². The molecule has 1 heterocycles. The lowest BCUT2D eigenvalue weighted by molar-refractivity contribution is 0.0526. The van der Waals surface area contributed by atoms with Gasteiger partial charge in [0.05, 0.1) is 16.6 Å². The number of carbonyl (C=O) groups excluding carboxylic acids is 1. The van der Waals surface area contributed by atoms with Gasteiger partial charge in [-0.05, 0) is 28.9 Å². The average Bonchev–Trinajstić information content (AvgIpc) is 2.10. The highest BCUT2D eigenvalue weighted by Crippen LogP contribution is 2.20. The molecule has 0 aliphatic heterocycles. The first-order valence-corrected chi connectivity index (χ1v) is 4.80. The maximum Gasteiger partial charge on any atom is 0.339 e. The van der Waals surface area contributed by atoms with Crippen LogP contribution in [0.4, 0.5) is 0 Å². The molecule has 0 bridgehead atoms. The average molecular weight is 265 g/mol. The topological polar surface area (TPSA) is 39.2 Å². The number of hydrogen-bond donors (Lipinski definition) is 0. The Balaban J connectivity index is 2.90. The van der Waals surface area contributed by atoms with Crippen molar-refractivity contribution in [1.82, 2.24) is 4.98 Å². The molecule has 1 rings (SSSR count). The van der Waals surface area contributed by atoms with E-state index >= 15 is 0 Å². The molecule has 0 atom stereocenters. The van der Waals surface area contributed by atoms with Gasteiger partial charge in [0.1, 0.15) is 5.15 Å². The van der Waals surface area contributed by atoms with E-state index in [9.17, 15) is 4.79 Å². The van der Waals surface area contributed by atoms with Gasteiger partial charge in [-0.2, -0.15) is 0 Å². The van der Waals surface area contributed by atoms with Crippen molar-refractivity contribution in [3.8, 4) is 0 Å². The number of aromatic nitrogens is 1. The zero-order valence-electron chi connectivity index (χ0n) is 6.88. The van der Waals surface area contributed by atoms with E-state index in [2.05, 4.69) is 20.9 Å². The van der Waals surface area contributed by atoms with Crippen LogP contribution >= 0.6 is 27.5 Å². The van der Waals surface area contributed by atoms with Crippen LogP contribution in [-0.4, -0.2) is 17.6 Å². The van der Waals surface area contributed by atoms with E-state index in [1.165, 1.54) is 6.20 Å². The first kappa shape index (κ1) is 10.5. The van der Waals surface area contributed by atoms with Crippen LogP contribution in [0.2, 0.25) is 5.15 Å². The number of halogens is 2. The van der Waals surface area contributed by atoms with Crippen molar-refractivity contribution in [2.45, 2.75) is 6.92 Å². The molecule has 0 radical (unpaired) electrons. The van der Waals surface area contributed by atoms with Crippen LogP contribution in [0.25, 0.3) is 0 Å². The smallest absolute Gasteiger partial charge is 0.339 e. The van der Waals surface area contributed by atoms with Crippen molar-refractivity contribution in [1.29, 1.82) is 0 Å². The quantitative estimate of drug-likeness (QED) is 0.609. The standard InChI is InChI=1S/C8H7BrClNO2/c1-2-13-8(12)5-3-6(9)7(10)11-4-5/h3-4H,2H2,1H3. The van der Waals surface area contributed by atoms with Gasteiger partial charge in [0.2, 0.25) is 0 Å². The Morgan fingerprint density at radius 2 is 2.46 bits per heavy atom. The number of hydrogen-bond acceptors (Lipinski definition) is 3. The molecule has 3 nitrogen and oxygen atoms in total. The summed E-state index contributed by atoms with van der Waals surface area (Å²) in [7, 11) is 0. The second kappa shape index (κ2) is 4.58. The van der Waals surface area contributed by atoms with Gasteiger partial charge in [0, 0.05) is 6.20 Å². The Hall–Kier alpha value is -0.610. The SMILES string of the molecule is CCOC(=O)c1cnc(Cl)c(Br)c1. The number of carbonyl (C=O) groups is 1. The monoisotopic (exact) mass is 263 g/mol.